The monoisotopic (exact) mass is 285 g/mol. The summed E-state index contributed by atoms with van der Waals surface area (Å²) in [6, 6.07) is 8.58. The zero-order valence-corrected chi connectivity index (χ0v) is 12.2. The largest absolute Gasteiger partial charge is 0.394 e. The zero-order chi connectivity index (χ0) is 13.0. The van der Waals surface area contributed by atoms with E-state index < -0.39 is 0 Å². The number of hydrogen-bond donors (Lipinski definition) is 2. The minimum atomic E-state index is -0.155. The topological polar surface area (TPSA) is 32.3 Å². The molecule has 18 heavy (non-hydrogen) atoms. The molecule has 0 bridgehead atoms. The first-order valence-electron chi connectivity index (χ1n) is 6.32. The fourth-order valence-electron chi connectivity index (χ4n) is 1.83. The molecule has 1 fully saturated rings. The van der Waals surface area contributed by atoms with Crippen molar-refractivity contribution in [2.45, 2.75) is 37.1 Å². The summed E-state index contributed by atoms with van der Waals surface area (Å²) in [7, 11) is 0. The fourth-order valence-corrected chi connectivity index (χ4v) is 3.11. The molecule has 0 aromatic heterocycles. The Kier molecular flexibility index (Phi) is 4.96. The number of thioether (sulfide) groups is 1. The van der Waals surface area contributed by atoms with Crippen LogP contribution in [-0.2, 0) is 5.75 Å². The van der Waals surface area contributed by atoms with E-state index in [2.05, 4.69) is 24.4 Å². The van der Waals surface area contributed by atoms with Crippen LogP contribution in [0.15, 0.2) is 24.3 Å². The van der Waals surface area contributed by atoms with Crippen LogP contribution in [0.1, 0.15) is 25.3 Å². The molecule has 1 aromatic rings. The van der Waals surface area contributed by atoms with E-state index in [-0.39, 0.29) is 12.1 Å². The van der Waals surface area contributed by atoms with Crippen LogP contribution in [0.2, 0.25) is 5.02 Å². The maximum Gasteiger partial charge on any atom is 0.0618 e. The molecule has 1 aliphatic rings. The molecule has 1 aliphatic carbocycles. The van der Waals surface area contributed by atoms with Gasteiger partial charge in [0.2, 0.25) is 0 Å². The van der Waals surface area contributed by atoms with Gasteiger partial charge in [0.05, 0.1) is 6.61 Å². The molecule has 0 spiro atoms. The van der Waals surface area contributed by atoms with Gasteiger partial charge in [-0.15, -0.1) is 0 Å². The van der Waals surface area contributed by atoms with Gasteiger partial charge in [0.1, 0.15) is 0 Å². The fraction of sp³-hybridized carbons (Fsp3) is 0.571. The second-order valence-corrected chi connectivity index (χ2v) is 6.68. The molecule has 100 valence electrons. The van der Waals surface area contributed by atoms with E-state index in [1.807, 2.05) is 23.9 Å². The Morgan fingerprint density at radius 1 is 1.39 bits per heavy atom. The third-order valence-electron chi connectivity index (χ3n) is 3.08. The lowest BCUT2D eigenvalue weighted by Gasteiger charge is -2.28. The summed E-state index contributed by atoms with van der Waals surface area (Å²) in [4.78, 5) is 0. The molecule has 2 nitrogen and oxygen atoms in total. The molecule has 1 saturated carbocycles. The molecule has 0 saturated heterocycles. The standard InChI is InChI=1S/C14H20ClNOS/c1-14(9-17,16-13-6-7-13)10-18-8-11-2-4-12(15)5-3-11/h2-5,13,16-17H,6-10H2,1H3. The molecule has 0 radical (unpaired) electrons. The van der Waals surface area contributed by atoms with E-state index in [9.17, 15) is 5.11 Å². The highest BCUT2D eigenvalue weighted by molar-refractivity contribution is 7.98. The number of nitrogens with one attached hydrogen (secondary N) is 1. The van der Waals surface area contributed by atoms with Crippen molar-refractivity contribution in [2.24, 2.45) is 0 Å². The van der Waals surface area contributed by atoms with Gasteiger partial charge < -0.3 is 10.4 Å². The second kappa shape index (κ2) is 6.29. The van der Waals surface area contributed by atoms with E-state index in [4.69, 9.17) is 11.6 Å². The van der Waals surface area contributed by atoms with Gasteiger partial charge in [-0.25, -0.2) is 0 Å². The predicted octanol–water partition coefficient (Wildman–Crippen LogP) is 3.08. The zero-order valence-electron chi connectivity index (χ0n) is 10.7. The van der Waals surface area contributed by atoms with E-state index >= 15 is 0 Å². The lowest BCUT2D eigenvalue weighted by molar-refractivity contribution is 0.190. The molecule has 0 aliphatic heterocycles. The summed E-state index contributed by atoms with van der Waals surface area (Å²) < 4.78 is 0. The van der Waals surface area contributed by atoms with Crippen LogP contribution < -0.4 is 5.32 Å². The Balaban J connectivity index is 1.77. The van der Waals surface area contributed by atoms with Gasteiger partial charge in [-0.1, -0.05) is 23.7 Å². The van der Waals surface area contributed by atoms with Crippen molar-refractivity contribution in [3.63, 3.8) is 0 Å². The van der Waals surface area contributed by atoms with Gasteiger partial charge in [0, 0.05) is 28.1 Å². The van der Waals surface area contributed by atoms with Crippen molar-refractivity contribution < 1.29 is 5.11 Å². The summed E-state index contributed by atoms with van der Waals surface area (Å²) in [5.74, 6) is 1.88. The smallest absolute Gasteiger partial charge is 0.0618 e. The van der Waals surface area contributed by atoms with E-state index in [0.717, 1.165) is 16.5 Å². The highest BCUT2D eigenvalue weighted by Gasteiger charge is 2.31. The van der Waals surface area contributed by atoms with Crippen LogP contribution in [0, 0.1) is 0 Å². The van der Waals surface area contributed by atoms with E-state index in [1.54, 1.807) is 0 Å². The first kappa shape index (κ1) is 14.2. The van der Waals surface area contributed by atoms with E-state index in [1.165, 1.54) is 18.4 Å². The average molecular weight is 286 g/mol. The van der Waals surface area contributed by atoms with Gasteiger partial charge in [0.15, 0.2) is 0 Å². The van der Waals surface area contributed by atoms with Crippen LogP contribution in [-0.4, -0.2) is 29.0 Å². The Morgan fingerprint density at radius 3 is 2.61 bits per heavy atom. The maximum absolute atomic E-state index is 9.50. The molecule has 1 unspecified atom stereocenters. The van der Waals surface area contributed by atoms with Crippen molar-refractivity contribution in [3.8, 4) is 0 Å². The second-order valence-electron chi connectivity index (χ2n) is 5.26. The molecule has 0 heterocycles. The summed E-state index contributed by atoms with van der Waals surface area (Å²) in [6.45, 7) is 2.29. The Labute approximate surface area is 118 Å². The van der Waals surface area contributed by atoms with Gasteiger partial charge in [0.25, 0.3) is 0 Å². The van der Waals surface area contributed by atoms with Gasteiger partial charge in [-0.2, -0.15) is 11.8 Å². The quantitative estimate of drug-likeness (QED) is 0.807. The first-order chi connectivity index (χ1) is 8.61. The third-order valence-corrected chi connectivity index (χ3v) is 4.71. The van der Waals surface area contributed by atoms with E-state index in [0.29, 0.717) is 6.04 Å². The highest BCUT2D eigenvalue weighted by Crippen LogP contribution is 2.25. The Morgan fingerprint density at radius 2 is 2.06 bits per heavy atom. The van der Waals surface area contributed by atoms with Crippen LogP contribution in [0.4, 0.5) is 0 Å². The van der Waals surface area contributed by atoms with Crippen molar-refractivity contribution in [2.75, 3.05) is 12.4 Å². The van der Waals surface area contributed by atoms with Crippen molar-refractivity contribution in [1.29, 1.82) is 0 Å². The maximum atomic E-state index is 9.50. The average Bonchev–Trinajstić information content (AvgIpc) is 3.15. The minimum absolute atomic E-state index is 0.155. The summed E-state index contributed by atoms with van der Waals surface area (Å²) >= 11 is 7.70. The lowest BCUT2D eigenvalue weighted by Crippen LogP contribution is -2.49. The summed E-state index contributed by atoms with van der Waals surface area (Å²) in [6.07, 6.45) is 2.49. The number of hydrogen-bond acceptors (Lipinski definition) is 3. The molecule has 4 heteroatoms. The summed E-state index contributed by atoms with van der Waals surface area (Å²) in [5.41, 5.74) is 1.12. The number of aliphatic hydroxyl groups excluding tert-OH is 1. The molecule has 1 aromatic carbocycles. The number of halogens is 1. The van der Waals surface area contributed by atoms with Gasteiger partial charge in [-0.05, 0) is 37.5 Å². The third kappa shape index (κ3) is 4.47. The molecule has 0 amide bonds. The number of rotatable bonds is 7. The van der Waals surface area contributed by atoms with Gasteiger partial charge >= 0.3 is 0 Å². The lowest BCUT2D eigenvalue weighted by atomic mass is 10.1. The molecule has 2 N–H and O–H groups in total. The molecule has 2 rings (SSSR count). The van der Waals surface area contributed by atoms with Crippen molar-refractivity contribution in [1.82, 2.24) is 5.32 Å². The molecular formula is C14H20ClNOS. The SMILES string of the molecule is CC(CO)(CSCc1ccc(Cl)cc1)NC1CC1. The minimum Gasteiger partial charge on any atom is -0.394 e. The van der Waals surface area contributed by atoms with Crippen LogP contribution in [0.3, 0.4) is 0 Å². The van der Waals surface area contributed by atoms with Gasteiger partial charge in [-0.3, -0.25) is 0 Å². The number of aliphatic hydroxyl groups is 1. The number of benzene rings is 1. The Bertz CT molecular complexity index is 380. The van der Waals surface area contributed by atoms with Crippen molar-refractivity contribution >= 4 is 23.4 Å². The van der Waals surface area contributed by atoms with Crippen LogP contribution in [0.25, 0.3) is 0 Å². The van der Waals surface area contributed by atoms with Crippen molar-refractivity contribution in [3.05, 3.63) is 34.9 Å². The first-order valence-corrected chi connectivity index (χ1v) is 7.85. The predicted molar refractivity (Wildman–Crippen MR) is 79.3 cm³/mol. The molecule has 1 atom stereocenters. The highest BCUT2D eigenvalue weighted by atomic mass is 35.5. The van der Waals surface area contributed by atoms with Crippen LogP contribution >= 0.6 is 23.4 Å². The summed E-state index contributed by atoms with van der Waals surface area (Å²) in [5, 5.41) is 13.8. The Hall–Kier alpha value is -0.220. The van der Waals surface area contributed by atoms with Crippen LogP contribution in [0.5, 0.6) is 0 Å². The molecular weight excluding hydrogens is 266 g/mol. The normalized spacial score (nSPS) is 18.6.